The number of nitrogens with zero attached hydrogens (tertiary/aromatic N) is 1. The molecule has 0 aliphatic heterocycles. The molecular formula is C6H13NOU. The predicted molar refractivity (Wildman–Crippen MR) is 36.8 cm³/mol. The number of aliphatic hydroxyl groups excluding tert-OH is 1. The maximum atomic E-state index is 8.32. The number of hydrogen-bond donors (Lipinski definition) is 1. The molecule has 0 fully saturated rings. The van der Waals surface area contributed by atoms with Gasteiger partial charge in [0.05, 0.1) is 0 Å². The van der Waals surface area contributed by atoms with Gasteiger partial charge in [-0.05, 0) is 6.72 Å². The van der Waals surface area contributed by atoms with Gasteiger partial charge in [-0.2, -0.15) is 0 Å². The van der Waals surface area contributed by atoms with Gasteiger partial charge in [0.15, 0.2) is 0 Å². The summed E-state index contributed by atoms with van der Waals surface area (Å²) in [6.07, 6.45) is 0. The third-order valence-corrected chi connectivity index (χ3v) is 0.645. The smallest absolute Gasteiger partial charge is 0.399 e. The summed E-state index contributed by atoms with van der Waals surface area (Å²) in [5.41, 5.74) is 0. The van der Waals surface area contributed by atoms with Crippen LogP contribution in [0, 0.1) is 51.4 Å². The van der Waals surface area contributed by atoms with Gasteiger partial charge in [-0.15, -0.1) is 5.92 Å². The van der Waals surface area contributed by atoms with Crippen LogP contribution in [0.3, 0.4) is 0 Å². The number of aliphatic imine (C=N–C) groups is 1. The summed E-state index contributed by atoms with van der Waals surface area (Å²) in [4.78, 5) is 3.53. The standard InChI is InChI=1S/C5H10NO.CH3.U/c1-5(4-7)3-6-2;;/h5,7H,1-4H2;1H3;/q2*-1;+2. The van der Waals surface area contributed by atoms with Crippen LogP contribution < -0.4 is 0 Å². The summed E-state index contributed by atoms with van der Waals surface area (Å²) in [5, 5.41) is 8.32. The maximum absolute atomic E-state index is 8.32. The molecule has 1 N–H and O–H groups in total. The third kappa shape index (κ3) is 12.0. The van der Waals surface area contributed by atoms with Crippen molar-refractivity contribution in [2.24, 2.45) is 10.9 Å². The predicted octanol–water partition coefficient (Wildman–Crippen LogP) is 0.580. The van der Waals surface area contributed by atoms with Crippen molar-refractivity contribution in [2.45, 2.75) is 0 Å². The van der Waals surface area contributed by atoms with Crippen LogP contribution >= 0.6 is 0 Å². The van der Waals surface area contributed by atoms with Crippen LogP contribution in [0.5, 0.6) is 0 Å². The Hall–Kier alpha value is 0.682. The molecule has 52 valence electrons. The maximum Gasteiger partial charge on any atom is 2.00 e. The molecule has 1 unspecified atom stereocenters. The van der Waals surface area contributed by atoms with Crippen molar-refractivity contribution in [3.63, 3.8) is 0 Å². The van der Waals surface area contributed by atoms with E-state index in [0.29, 0.717) is 6.54 Å². The van der Waals surface area contributed by atoms with Gasteiger partial charge in [0.25, 0.3) is 0 Å². The first kappa shape index (κ1) is 16.3. The Bertz CT molecular complexity index is 59.0. The number of rotatable bonds is 3. The normalized spacial score (nSPS) is 10.4. The van der Waals surface area contributed by atoms with E-state index in [2.05, 4.69) is 18.6 Å². The van der Waals surface area contributed by atoms with Gasteiger partial charge in [-0.1, -0.05) is 0 Å². The minimum Gasteiger partial charge on any atom is -0.399 e. The molecule has 0 saturated heterocycles. The quantitative estimate of drug-likeness (QED) is 0.585. The summed E-state index contributed by atoms with van der Waals surface area (Å²) < 4.78 is 0. The molecule has 0 heterocycles. The Morgan fingerprint density at radius 3 is 2.22 bits per heavy atom. The molecule has 0 radical (unpaired) electrons. The van der Waals surface area contributed by atoms with E-state index in [-0.39, 0.29) is 51.1 Å². The van der Waals surface area contributed by atoms with Gasteiger partial charge in [-0.3, -0.25) is 0 Å². The molecule has 0 aromatic rings. The molecule has 0 aromatic heterocycles. The zero-order valence-corrected chi connectivity index (χ0v) is 9.96. The second-order valence-corrected chi connectivity index (χ2v) is 1.45. The molecule has 1 atom stereocenters. The topological polar surface area (TPSA) is 32.6 Å². The van der Waals surface area contributed by atoms with Gasteiger partial charge >= 0.3 is 31.1 Å². The van der Waals surface area contributed by atoms with Crippen molar-refractivity contribution < 1.29 is 36.2 Å². The van der Waals surface area contributed by atoms with E-state index in [0.717, 1.165) is 0 Å². The largest absolute Gasteiger partial charge is 2.00 e. The van der Waals surface area contributed by atoms with Crippen LogP contribution in [-0.4, -0.2) is 25.0 Å². The summed E-state index contributed by atoms with van der Waals surface area (Å²) in [6.45, 7) is 7.46. The van der Waals surface area contributed by atoms with Crippen LogP contribution in [0.25, 0.3) is 0 Å². The summed E-state index contributed by atoms with van der Waals surface area (Å²) in [6, 6.07) is 0. The number of aliphatic hydroxyl groups is 1. The molecular weight excluding hydrogens is 340 g/mol. The van der Waals surface area contributed by atoms with Crippen molar-refractivity contribution >= 4 is 6.72 Å². The SMILES string of the molecule is C=NCC([CH2-])CO.[CH3-].[U+2]. The molecule has 0 amide bonds. The Balaban J connectivity index is -0.000000180. The fourth-order valence-corrected chi connectivity index (χ4v) is 0.240. The van der Waals surface area contributed by atoms with Gasteiger partial charge < -0.3 is 24.4 Å². The minimum atomic E-state index is 0. The zero-order chi connectivity index (χ0) is 5.70. The molecule has 0 rings (SSSR count). The Labute approximate surface area is 81.1 Å². The van der Waals surface area contributed by atoms with E-state index in [9.17, 15) is 0 Å². The summed E-state index contributed by atoms with van der Waals surface area (Å²) >= 11 is 0. The molecule has 0 spiro atoms. The molecule has 2 nitrogen and oxygen atoms in total. The van der Waals surface area contributed by atoms with Crippen LogP contribution in [0.4, 0.5) is 0 Å². The molecule has 9 heavy (non-hydrogen) atoms. The fraction of sp³-hybridized carbons (Fsp3) is 0.500. The molecule has 0 bridgehead atoms. The van der Waals surface area contributed by atoms with Gasteiger partial charge in [0, 0.05) is 13.2 Å². The van der Waals surface area contributed by atoms with Crippen LogP contribution in [0.2, 0.25) is 0 Å². The van der Waals surface area contributed by atoms with E-state index >= 15 is 0 Å². The minimum absolute atomic E-state index is 0. The fourth-order valence-electron chi connectivity index (χ4n) is 0.240. The second-order valence-electron chi connectivity index (χ2n) is 1.45. The Morgan fingerprint density at radius 1 is 1.67 bits per heavy atom. The van der Waals surface area contributed by atoms with Crippen molar-refractivity contribution in [3.05, 3.63) is 14.4 Å². The Morgan fingerprint density at radius 2 is 2.11 bits per heavy atom. The summed E-state index contributed by atoms with van der Waals surface area (Å²) in [7, 11) is 0. The van der Waals surface area contributed by atoms with Crippen LogP contribution in [-0.2, 0) is 0 Å². The zero-order valence-electron chi connectivity index (χ0n) is 5.80. The first-order valence-corrected chi connectivity index (χ1v) is 2.17. The van der Waals surface area contributed by atoms with Crippen LogP contribution in [0.15, 0.2) is 4.99 Å². The van der Waals surface area contributed by atoms with Crippen molar-refractivity contribution in [1.29, 1.82) is 0 Å². The Kier molecular flexibility index (Phi) is 20.8. The van der Waals surface area contributed by atoms with Crippen LogP contribution in [0.1, 0.15) is 0 Å². The first-order valence-electron chi connectivity index (χ1n) is 2.17. The van der Waals surface area contributed by atoms with E-state index in [1.54, 1.807) is 0 Å². The van der Waals surface area contributed by atoms with Gasteiger partial charge in [-0.25, -0.2) is 0 Å². The molecule has 0 aromatic carbocycles. The first-order chi connectivity index (χ1) is 3.31. The van der Waals surface area contributed by atoms with E-state index < -0.39 is 0 Å². The summed E-state index contributed by atoms with van der Waals surface area (Å²) in [5.74, 6) is 0.0255. The third-order valence-electron chi connectivity index (χ3n) is 0.645. The van der Waals surface area contributed by atoms with Crippen molar-refractivity contribution in [1.82, 2.24) is 0 Å². The van der Waals surface area contributed by atoms with Gasteiger partial charge in [0.1, 0.15) is 0 Å². The van der Waals surface area contributed by atoms with E-state index in [4.69, 9.17) is 5.11 Å². The monoisotopic (exact) mass is 353 g/mol. The number of hydrogen-bond acceptors (Lipinski definition) is 2. The van der Waals surface area contributed by atoms with Crippen molar-refractivity contribution in [3.8, 4) is 0 Å². The average molecular weight is 353 g/mol. The van der Waals surface area contributed by atoms with Crippen molar-refractivity contribution in [2.75, 3.05) is 13.2 Å². The molecule has 0 aliphatic rings. The van der Waals surface area contributed by atoms with E-state index in [1.807, 2.05) is 0 Å². The molecule has 0 saturated carbocycles. The molecule has 0 aliphatic carbocycles. The van der Waals surface area contributed by atoms with E-state index in [1.165, 1.54) is 0 Å². The van der Waals surface area contributed by atoms with Gasteiger partial charge in [0.2, 0.25) is 0 Å². The molecule has 3 heteroatoms. The average Bonchev–Trinajstić information content (AvgIpc) is 1.68. The second kappa shape index (κ2) is 11.5.